The minimum Gasteiger partial charge on any atom is -0.352 e. The van der Waals surface area contributed by atoms with Crippen LogP contribution in [0.2, 0.25) is 0 Å². The van der Waals surface area contributed by atoms with E-state index in [1.54, 1.807) is 0 Å². The number of hydrogen-bond acceptors (Lipinski definition) is 3. The Morgan fingerprint density at radius 3 is 2.16 bits per heavy atom. The summed E-state index contributed by atoms with van der Waals surface area (Å²) in [5, 5.41) is 2.88. The van der Waals surface area contributed by atoms with Gasteiger partial charge in [-0.05, 0) is 35.4 Å². The second-order valence-electron chi connectivity index (χ2n) is 9.26. The summed E-state index contributed by atoms with van der Waals surface area (Å²) in [6.07, 6.45) is 1.71. The third kappa shape index (κ3) is 4.72. The number of carbonyl (C=O) groups is 2. The molecule has 3 aromatic rings. The van der Waals surface area contributed by atoms with Crippen molar-refractivity contribution < 1.29 is 9.59 Å². The summed E-state index contributed by atoms with van der Waals surface area (Å²) in [5.74, 6) is -0.357. The van der Waals surface area contributed by atoms with Crippen LogP contribution in [-0.4, -0.2) is 23.2 Å². The Morgan fingerprint density at radius 1 is 0.969 bits per heavy atom. The molecular weight excluding hydrogens is 400 g/mol. The standard InChI is InChI=1S/C27H28N2O3/c1-27(2)16-23-21(24(30)17-27)15-22(26(32)29-23)25(31)28-14-13-20(18-9-5-3-6-10-18)19-11-7-4-8-12-19/h3-12,15,20H,13-14,16-17H2,1-2H3,(H,28,31)(H,29,32). The number of nitrogens with one attached hydrogen (secondary N) is 2. The first kappa shape index (κ1) is 21.8. The lowest BCUT2D eigenvalue weighted by molar-refractivity contribution is 0.0910. The maximum absolute atomic E-state index is 12.8. The number of carbonyl (C=O) groups excluding carboxylic acids is 2. The van der Waals surface area contributed by atoms with Gasteiger partial charge < -0.3 is 10.3 Å². The van der Waals surface area contributed by atoms with Crippen molar-refractivity contribution in [3.8, 4) is 0 Å². The molecule has 0 saturated heterocycles. The van der Waals surface area contributed by atoms with E-state index in [4.69, 9.17) is 0 Å². The molecule has 1 heterocycles. The SMILES string of the molecule is CC1(C)CC(=O)c2cc(C(=O)NCCC(c3ccccc3)c3ccccc3)c(=O)[nH]c2C1. The first-order valence-corrected chi connectivity index (χ1v) is 11.0. The van der Waals surface area contributed by atoms with E-state index in [1.165, 1.54) is 17.2 Å². The third-order valence-corrected chi connectivity index (χ3v) is 6.08. The minimum atomic E-state index is -0.452. The number of amides is 1. The van der Waals surface area contributed by atoms with Gasteiger partial charge in [-0.15, -0.1) is 0 Å². The van der Waals surface area contributed by atoms with Gasteiger partial charge in [-0.3, -0.25) is 14.4 Å². The summed E-state index contributed by atoms with van der Waals surface area (Å²) < 4.78 is 0. The summed E-state index contributed by atoms with van der Waals surface area (Å²) in [4.78, 5) is 40.7. The molecule has 1 aliphatic carbocycles. The van der Waals surface area contributed by atoms with Crippen molar-refractivity contribution in [1.82, 2.24) is 10.3 Å². The molecule has 0 spiro atoms. The Bertz CT molecular complexity index is 1140. The molecule has 1 amide bonds. The van der Waals surface area contributed by atoms with Crippen LogP contribution in [0.15, 0.2) is 71.5 Å². The van der Waals surface area contributed by atoms with Crippen LogP contribution in [-0.2, 0) is 6.42 Å². The van der Waals surface area contributed by atoms with Crippen LogP contribution in [0.3, 0.4) is 0 Å². The largest absolute Gasteiger partial charge is 0.352 e. The molecule has 0 fully saturated rings. The van der Waals surface area contributed by atoms with Crippen molar-refractivity contribution in [3.63, 3.8) is 0 Å². The topological polar surface area (TPSA) is 79.0 Å². The lowest BCUT2D eigenvalue weighted by atomic mass is 9.75. The number of Topliss-reactive ketones (excluding diaryl/α,β-unsaturated/α-hetero) is 1. The normalized spacial score (nSPS) is 14.8. The van der Waals surface area contributed by atoms with Gasteiger partial charge in [0.25, 0.3) is 11.5 Å². The number of pyridine rings is 1. The summed E-state index contributed by atoms with van der Waals surface area (Å²) in [5.41, 5.74) is 2.78. The molecule has 0 radical (unpaired) electrons. The molecule has 0 saturated carbocycles. The lowest BCUT2D eigenvalue weighted by Crippen LogP contribution is -2.35. The second kappa shape index (κ2) is 8.95. The van der Waals surface area contributed by atoms with E-state index in [-0.39, 0.29) is 22.7 Å². The quantitative estimate of drug-likeness (QED) is 0.607. The van der Waals surface area contributed by atoms with Gasteiger partial charge in [-0.1, -0.05) is 74.5 Å². The smallest absolute Gasteiger partial charge is 0.261 e. The van der Waals surface area contributed by atoms with Gasteiger partial charge in [0.05, 0.1) is 0 Å². The highest BCUT2D eigenvalue weighted by molar-refractivity contribution is 6.02. The van der Waals surface area contributed by atoms with Crippen LogP contribution >= 0.6 is 0 Å². The van der Waals surface area contributed by atoms with Crippen molar-refractivity contribution in [2.24, 2.45) is 5.41 Å². The zero-order valence-electron chi connectivity index (χ0n) is 18.5. The number of H-pyrrole nitrogens is 1. The number of fused-ring (bicyclic) bond motifs is 1. The first-order chi connectivity index (χ1) is 15.3. The fraction of sp³-hybridized carbons (Fsp3) is 0.296. The Morgan fingerprint density at radius 2 is 1.56 bits per heavy atom. The lowest BCUT2D eigenvalue weighted by Gasteiger charge is -2.29. The molecule has 0 aliphatic heterocycles. The van der Waals surface area contributed by atoms with Crippen molar-refractivity contribution in [2.45, 2.75) is 39.0 Å². The van der Waals surface area contributed by atoms with Crippen molar-refractivity contribution in [3.05, 3.63) is 105 Å². The summed E-state index contributed by atoms with van der Waals surface area (Å²) >= 11 is 0. The van der Waals surface area contributed by atoms with E-state index in [9.17, 15) is 14.4 Å². The number of rotatable bonds is 6. The fourth-order valence-corrected chi connectivity index (χ4v) is 4.52. The number of ketones is 1. The van der Waals surface area contributed by atoms with Gasteiger partial charge in [0.1, 0.15) is 5.56 Å². The van der Waals surface area contributed by atoms with E-state index in [2.05, 4.69) is 34.6 Å². The zero-order valence-corrected chi connectivity index (χ0v) is 18.5. The van der Waals surface area contributed by atoms with E-state index in [1.807, 2.05) is 50.2 Å². The molecule has 2 aromatic carbocycles. The van der Waals surface area contributed by atoms with Crippen LogP contribution in [0.25, 0.3) is 0 Å². The summed E-state index contributed by atoms with van der Waals surface area (Å²) in [6.45, 7) is 4.41. The molecule has 4 rings (SSSR count). The molecule has 0 bridgehead atoms. The van der Waals surface area contributed by atoms with Gasteiger partial charge in [-0.25, -0.2) is 0 Å². The molecule has 1 aromatic heterocycles. The highest BCUT2D eigenvalue weighted by Gasteiger charge is 2.32. The van der Waals surface area contributed by atoms with Gasteiger partial charge in [0.15, 0.2) is 5.78 Å². The first-order valence-electron chi connectivity index (χ1n) is 11.0. The predicted molar refractivity (Wildman–Crippen MR) is 125 cm³/mol. The average Bonchev–Trinajstić information content (AvgIpc) is 2.76. The Hall–Kier alpha value is -3.47. The highest BCUT2D eigenvalue weighted by Crippen LogP contribution is 2.33. The number of aromatic nitrogens is 1. The number of benzene rings is 2. The Labute approximate surface area is 187 Å². The molecule has 164 valence electrons. The van der Waals surface area contributed by atoms with E-state index in [0.717, 1.165) is 0 Å². The Balaban J connectivity index is 1.49. The van der Waals surface area contributed by atoms with E-state index in [0.29, 0.717) is 37.1 Å². The minimum absolute atomic E-state index is 0.00669. The van der Waals surface area contributed by atoms with Crippen LogP contribution in [0.1, 0.15) is 70.1 Å². The number of hydrogen-bond donors (Lipinski definition) is 2. The summed E-state index contributed by atoms with van der Waals surface area (Å²) in [7, 11) is 0. The van der Waals surface area contributed by atoms with Crippen molar-refractivity contribution in [2.75, 3.05) is 6.54 Å². The molecule has 0 unspecified atom stereocenters. The van der Waals surface area contributed by atoms with Gasteiger partial charge in [0, 0.05) is 30.1 Å². The maximum Gasteiger partial charge on any atom is 0.261 e. The molecular formula is C27H28N2O3. The molecule has 32 heavy (non-hydrogen) atoms. The molecule has 5 heteroatoms. The molecule has 5 nitrogen and oxygen atoms in total. The summed E-state index contributed by atoms with van der Waals surface area (Å²) in [6, 6.07) is 21.8. The van der Waals surface area contributed by atoms with Gasteiger partial charge in [0.2, 0.25) is 0 Å². The zero-order chi connectivity index (χ0) is 22.7. The van der Waals surface area contributed by atoms with E-state index >= 15 is 0 Å². The Kier molecular flexibility index (Phi) is 6.08. The maximum atomic E-state index is 12.8. The predicted octanol–water partition coefficient (Wildman–Crippen LogP) is 4.48. The highest BCUT2D eigenvalue weighted by atomic mass is 16.2. The number of aromatic amines is 1. The van der Waals surface area contributed by atoms with Crippen molar-refractivity contribution >= 4 is 11.7 Å². The van der Waals surface area contributed by atoms with Crippen LogP contribution in [0.4, 0.5) is 0 Å². The van der Waals surface area contributed by atoms with Gasteiger partial charge in [-0.2, -0.15) is 0 Å². The fourth-order valence-electron chi connectivity index (χ4n) is 4.52. The van der Waals surface area contributed by atoms with Crippen LogP contribution in [0.5, 0.6) is 0 Å². The molecule has 2 N–H and O–H groups in total. The van der Waals surface area contributed by atoms with E-state index < -0.39 is 11.5 Å². The second-order valence-corrected chi connectivity index (χ2v) is 9.26. The average molecular weight is 429 g/mol. The monoisotopic (exact) mass is 428 g/mol. The van der Waals surface area contributed by atoms with Gasteiger partial charge >= 0.3 is 0 Å². The molecule has 1 aliphatic rings. The van der Waals surface area contributed by atoms with Crippen LogP contribution in [0, 0.1) is 5.41 Å². The molecule has 0 atom stereocenters. The van der Waals surface area contributed by atoms with Crippen LogP contribution < -0.4 is 10.9 Å². The van der Waals surface area contributed by atoms with Crippen molar-refractivity contribution in [1.29, 1.82) is 0 Å². The third-order valence-electron chi connectivity index (χ3n) is 6.08.